The van der Waals surface area contributed by atoms with Crippen molar-refractivity contribution in [1.82, 2.24) is 0 Å². The molecular weight excluding hydrogens is 312 g/mol. The van der Waals surface area contributed by atoms with Crippen LogP contribution in [0.1, 0.15) is 51.7 Å². The van der Waals surface area contributed by atoms with Crippen LogP contribution < -0.4 is 0 Å². The van der Waals surface area contributed by atoms with Crippen molar-refractivity contribution in [2.45, 2.75) is 71.7 Å². The van der Waals surface area contributed by atoms with E-state index in [1.54, 1.807) is 0 Å². The molecule has 132 valence electrons. The third kappa shape index (κ3) is 2.60. The topological polar surface area (TPSA) is 26.3 Å². The summed E-state index contributed by atoms with van der Waals surface area (Å²) in [5.41, 5.74) is 2.22. The molecule has 0 bridgehead atoms. The van der Waals surface area contributed by atoms with Crippen LogP contribution in [0.3, 0.4) is 0 Å². The third-order valence-corrected chi connectivity index (χ3v) is 11.2. The van der Waals surface area contributed by atoms with Crippen molar-refractivity contribution in [3.8, 4) is 0 Å². The summed E-state index contributed by atoms with van der Waals surface area (Å²) >= 11 is 0. The van der Waals surface area contributed by atoms with Crippen molar-refractivity contribution in [3.63, 3.8) is 0 Å². The lowest BCUT2D eigenvalue weighted by molar-refractivity contribution is -0.129. The quantitative estimate of drug-likeness (QED) is 0.693. The van der Waals surface area contributed by atoms with Crippen molar-refractivity contribution in [2.75, 3.05) is 0 Å². The number of carbonyl (C=O) groups is 1. The molecule has 2 nitrogen and oxygen atoms in total. The van der Waals surface area contributed by atoms with E-state index in [0.717, 1.165) is 0 Å². The molecule has 1 aromatic rings. The van der Waals surface area contributed by atoms with Crippen LogP contribution in [0.15, 0.2) is 24.3 Å². The van der Waals surface area contributed by atoms with Gasteiger partial charge in [-0.1, -0.05) is 64.4 Å². The maximum atomic E-state index is 13.0. The molecule has 2 aliphatic carbocycles. The summed E-state index contributed by atoms with van der Waals surface area (Å²) < 4.78 is 6.80. The highest BCUT2D eigenvalue weighted by Crippen LogP contribution is 2.67. The van der Waals surface area contributed by atoms with Gasteiger partial charge in [-0.3, -0.25) is 4.79 Å². The average molecular weight is 345 g/mol. The fourth-order valence-corrected chi connectivity index (χ4v) is 5.48. The standard InChI is InChI=1S/C21H32O2Si/c1-13-9-11-14(12-10-13)15-16-17(15)19(21(5,6)18(16)22)23-24(7,8)20(2,3)4/h9-12,15-17,19H,1-8H3/t15-,16+,17-,19+/m1/s1. The number of fused-ring (bicyclic) bond motifs is 1. The molecule has 2 aliphatic rings. The summed E-state index contributed by atoms with van der Waals surface area (Å²) in [5, 5.41) is 0.165. The summed E-state index contributed by atoms with van der Waals surface area (Å²) in [5.74, 6) is 1.30. The van der Waals surface area contributed by atoms with Crippen molar-refractivity contribution in [2.24, 2.45) is 17.3 Å². The van der Waals surface area contributed by atoms with Crippen molar-refractivity contribution in [1.29, 1.82) is 0 Å². The van der Waals surface area contributed by atoms with E-state index in [1.807, 2.05) is 0 Å². The fourth-order valence-electron chi connectivity index (χ4n) is 4.04. The normalized spacial score (nSPS) is 31.9. The molecule has 0 aromatic heterocycles. The van der Waals surface area contributed by atoms with Gasteiger partial charge < -0.3 is 4.43 Å². The first-order valence-electron chi connectivity index (χ1n) is 9.16. The molecule has 3 rings (SSSR count). The summed E-state index contributed by atoms with van der Waals surface area (Å²) in [4.78, 5) is 13.0. The Hall–Kier alpha value is -0.933. The molecule has 0 N–H and O–H groups in total. The van der Waals surface area contributed by atoms with Crippen LogP contribution >= 0.6 is 0 Å². The first-order valence-corrected chi connectivity index (χ1v) is 12.1. The Bertz CT molecular complexity index is 651. The van der Waals surface area contributed by atoms with Crippen LogP contribution in [-0.4, -0.2) is 20.2 Å². The number of rotatable bonds is 3. The second-order valence-corrected chi connectivity index (χ2v) is 14.7. The second kappa shape index (κ2) is 5.28. The van der Waals surface area contributed by atoms with Crippen LogP contribution in [0.25, 0.3) is 0 Å². The number of Topliss-reactive ketones (excluding diaryl/α,β-unsaturated/α-hetero) is 1. The first kappa shape index (κ1) is 17.9. The highest BCUT2D eigenvalue weighted by atomic mass is 28.4. The maximum absolute atomic E-state index is 13.0. The Labute approximate surface area is 148 Å². The molecule has 1 aromatic carbocycles. The molecule has 24 heavy (non-hydrogen) atoms. The Balaban J connectivity index is 1.88. The van der Waals surface area contributed by atoms with E-state index < -0.39 is 8.32 Å². The average Bonchev–Trinajstić information content (AvgIpc) is 3.13. The zero-order chi connectivity index (χ0) is 18.1. The molecule has 0 aliphatic heterocycles. The van der Waals surface area contributed by atoms with Crippen LogP contribution in [0.2, 0.25) is 18.1 Å². The van der Waals surface area contributed by atoms with E-state index in [1.165, 1.54) is 11.1 Å². The van der Waals surface area contributed by atoms with Gasteiger partial charge in [0.2, 0.25) is 0 Å². The number of hydrogen-bond donors (Lipinski definition) is 0. The molecule has 3 heteroatoms. The number of aryl methyl sites for hydroxylation is 1. The lowest BCUT2D eigenvalue weighted by Gasteiger charge is -2.42. The Morgan fingerprint density at radius 3 is 2.08 bits per heavy atom. The van der Waals surface area contributed by atoms with Gasteiger partial charge in [0, 0.05) is 17.3 Å². The van der Waals surface area contributed by atoms with Gasteiger partial charge in [0.05, 0.1) is 6.10 Å². The molecule has 2 fully saturated rings. The molecule has 0 radical (unpaired) electrons. The minimum Gasteiger partial charge on any atom is -0.413 e. The third-order valence-electron chi connectivity index (χ3n) is 6.76. The SMILES string of the molecule is Cc1ccc([C@@H]2[C@@H]3C(=O)C(C)(C)[C@@H](O[Si](C)(C)C(C)(C)C)[C@@H]32)cc1. The molecular formula is C21H32O2Si. The Kier molecular flexibility index (Phi) is 3.93. The smallest absolute Gasteiger partial charge is 0.192 e. The molecule has 4 atom stereocenters. The molecule has 2 saturated carbocycles. The first-order chi connectivity index (χ1) is 10.9. The van der Waals surface area contributed by atoms with Gasteiger partial charge >= 0.3 is 0 Å². The highest BCUT2D eigenvalue weighted by Gasteiger charge is 2.71. The van der Waals surface area contributed by atoms with Gasteiger partial charge in [-0.25, -0.2) is 0 Å². The summed E-state index contributed by atoms with van der Waals surface area (Å²) in [7, 11) is -1.90. The predicted molar refractivity (Wildman–Crippen MR) is 102 cm³/mol. The van der Waals surface area contributed by atoms with E-state index in [-0.39, 0.29) is 22.5 Å². The van der Waals surface area contributed by atoms with E-state index in [0.29, 0.717) is 17.6 Å². The molecule has 0 unspecified atom stereocenters. The van der Waals surface area contributed by atoms with E-state index in [4.69, 9.17) is 4.43 Å². The summed E-state index contributed by atoms with van der Waals surface area (Å²) in [6, 6.07) is 8.70. The van der Waals surface area contributed by atoms with Gasteiger partial charge in [-0.05, 0) is 36.5 Å². The van der Waals surface area contributed by atoms with E-state index >= 15 is 0 Å². The number of benzene rings is 1. The zero-order valence-electron chi connectivity index (χ0n) is 16.4. The van der Waals surface area contributed by atoms with Crippen LogP contribution in [0.5, 0.6) is 0 Å². The minimum atomic E-state index is -1.90. The van der Waals surface area contributed by atoms with E-state index in [2.05, 4.69) is 78.9 Å². The van der Waals surface area contributed by atoms with Gasteiger partial charge in [0.25, 0.3) is 0 Å². The molecule has 0 heterocycles. The maximum Gasteiger partial charge on any atom is 0.192 e. The molecule has 0 amide bonds. The van der Waals surface area contributed by atoms with Gasteiger partial charge in [-0.2, -0.15) is 0 Å². The zero-order valence-corrected chi connectivity index (χ0v) is 17.4. The van der Waals surface area contributed by atoms with Gasteiger partial charge in [0.15, 0.2) is 8.32 Å². The van der Waals surface area contributed by atoms with Crippen molar-refractivity contribution >= 4 is 14.1 Å². The van der Waals surface area contributed by atoms with Crippen LogP contribution in [-0.2, 0) is 9.22 Å². The van der Waals surface area contributed by atoms with Crippen LogP contribution in [0, 0.1) is 24.2 Å². The Morgan fingerprint density at radius 1 is 1.04 bits per heavy atom. The number of carbonyl (C=O) groups excluding carboxylic acids is 1. The number of ketones is 1. The van der Waals surface area contributed by atoms with Crippen molar-refractivity contribution < 1.29 is 9.22 Å². The second-order valence-electron chi connectivity index (χ2n) is 9.92. The molecule has 0 saturated heterocycles. The largest absolute Gasteiger partial charge is 0.413 e. The summed E-state index contributed by atoms with van der Waals surface area (Å²) in [6.45, 7) is 17.7. The summed E-state index contributed by atoms with van der Waals surface area (Å²) in [6.07, 6.45) is 0.0576. The Morgan fingerprint density at radius 2 is 1.58 bits per heavy atom. The monoisotopic (exact) mass is 344 g/mol. The number of hydrogen-bond acceptors (Lipinski definition) is 2. The van der Waals surface area contributed by atoms with E-state index in [9.17, 15) is 4.79 Å². The lowest BCUT2D eigenvalue weighted by Crippen LogP contribution is -2.49. The minimum absolute atomic E-state index is 0.0576. The lowest BCUT2D eigenvalue weighted by atomic mass is 9.81. The van der Waals surface area contributed by atoms with Gasteiger partial charge in [0.1, 0.15) is 5.78 Å². The molecule has 0 spiro atoms. The predicted octanol–water partition coefficient (Wildman–Crippen LogP) is 5.32. The van der Waals surface area contributed by atoms with Crippen molar-refractivity contribution in [3.05, 3.63) is 35.4 Å². The van der Waals surface area contributed by atoms with Crippen LogP contribution in [0.4, 0.5) is 0 Å². The fraction of sp³-hybridized carbons (Fsp3) is 0.667. The highest BCUT2D eigenvalue weighted by molar-refractivity contribution is 6.74. The van der Waals surface area contributed by atoms with Gasteiger partial charge in [-0.15, -0.1) is 0 Å².